The maximum absolute atomic E-state index is 13.7. The Bertz CT molecular complexity index is 1180. The summed E-state index contributed by atoms with van der Waals surface area (Å²) in [5.41, 5.74) is 1.94. The zero-order valence-electron chi connectivity index (χ0n) is 16.6. The number of halogens is 1. The average Bonchev–Trinajstić information content (AvgIpc) is 2.67. The number of anilines is 2. The molecule has 0 aliphatic heterocycles. The van der Waals surface area contributed by atoms with Crippen LogP contribution in [0.2, 0.25) is 0 Å². The number of nitrogens with one attached hydrogen (secondary N) is 1. The van der Waals surface area contributed by atoms with Crippen LogP contribution in [0.25, 0.3) is 11.4 Å². The first-order chi connectivity index (χ1) is 14.3. The standard InChI is InChI=1S/C21H22FN5O2S/c1-3-4-10-29-19-12-16(22)8-9-18(19)20-24-14-25-21(27-20)26-17-7-5-6-15(11-17)13-30(2,23)28/h3-9,11-14H,10H2,1-2H3,(H2,23,28)(H,24,25,26,27). The lowest BCUT2D eigenvalue weighted by molar-refractivity contribution is 0.361. The number of hydrogen-bond donors (Lipinski definition) is 2. The molecule has 7 nitrogen and oxygen atoms in total. The van der Waals surface area contributed by atoms with E-state index in [0.717, 1.165) is 0 Å². The molecule has 0 saturated heterocycles. The lowest BCUT2D eigenvalue weighted by Crippen LogP contribution is -2.13. The van der Waals surface area contributed by atoms with E-state index in [4.69, 9.17) is 9.88 Å². The maximum Gasteiger partial charge on any atom is 0.230 e. The molecule has 9 heteroatoms. The smallest absolute Gasteiger partial charge is 0.230 e. The Hall–Kier alpha value is -3.30. The number of hydrogen-bond acceptors (Lipinski definition) is 6. The van der Waals surface area contributed by atoms with Crippen LogP contribution in [0, 0.1) is 5.82 Å². The summed E-state index contributed by atoms with van der Waals surface area (Å²) in [4.78, 5) is 12.7. The summed E-state index contributed by atoms with van der Waals surface area (Å²) in [7, 11) is -2.52. The molecule has 0 saturated carbocycles. The van der Waals surface area contributed by atoms with Crippen LogP contribution in [-0.4, -0.2) is 37.4 Å². The number of aromatic nitrogens is 3. The Morgan fingerprint density at radius 2 is 2.07 bits per heavy atom. The fraction of sp³-hybridized carbons (Fsp3) is 0.143. The van der Waals surface area contributed by atoms with E-state index < -0.39 is 15.5 Å². The zero-order chi connectivity index (χ0) is 21.6. The topological polar surface area (TPSA) is 103 Å². The van der Waals surface area contributed by atoms with E-state index >= 15 is 0 Å². The van der Waals surface area contributed by atoms with Crippen molar-refractivity contribution in [2.45, 2.75) is 6.92 Å². The minimum absolute atomic E-state index is 0.297. The van der Waals surface area contributed by atoms with Gasteiger partial charge in [0, 0.05) is 33.1 Å². The van der Waals surface area contributed by atoms with Crippen molar-refractivity contribution in [3.63, 3.8) is 0 Å². The van der Waals surface area contributed by atoms with Gasteiger partial charge < -0.3 is 10.1 Å². The number of allylic oxidation sites excluding steroid dienone is 1. The van der Waals surface area contributed by atoms with Gasteiger partial charge in [-0.1, -0.05) is 24.3 Å². The summed E-state index contributed by atoms with van der Waals surface area (Å²) in [6.07, 6.45) is 6.48. The summed E-state index contributed by atoms with van der Waals surface area (Å²) in [6.45, 7) is 2.17. The first-order valence-corrected chi connectivity index (χ1v) is 11.1. The SMILES string of the molecule is CC=CCOc1cc(F)ccc1-c1ncnc(Nc2cccc(C=S(C)(N)=O)c2)n1. The van der Waals surface area contributed by atoms with Gasteiger partial charge in [0.1, 0.15) is 24.5 Å². The molecule has 0 fully saturated rings. The van der Waals surface area contributed by atoms with E-state index in [0.29, 0.717) is 40.9 Å². The fourth-order valence-electron chi connectivity index (χ4n) is 2.61. The molecule has 0 radical (unpaired) electrons. The van der Waals surface area contributed by atoms with Gasteiger partial charge in [-0.15, -0.1) is 0 Å². The van der Waals surface area contributed by atoms with Crippen LogP contribution in [0.3, 0.4) is 0 Å². The zero-order valence-corrected chi connectivity index (χ0v) is 17.4. The third kappa shape index (κ3) is 6.10. The average molecular weight is 428 g/mol. The molecule has 0 amide bonds. The van der Waals surface area contributed by atoms with Gasteiger partial charge >= 0.3 is 0 Å². The summed E-state index contributed by atoms with van der Waals surface area (Å²) in [5, 5.41) is 10.2. The predicted molar refractivity (Wildman–Crippen MR) is 119 cm³/mol. The van der Waals surface area contributed by atoms with E-state index in [2.05, 4.69) is 20.3 Å². The van der Waals surface area contributed by atoms with E-state index in [1.807, 2.05) is 25.1 Å². The lowest BCUT2D eigenvalue weighted by Gasteiger charge is -2.11. The molecule has 1 unspecified atom stereocenters. The van der Waals surface area contributed by atoms with Crippen LogP contribution in [0.15, 0.2) is 60.9 Å². The molecule has 2 aromatic carbocycles. The van der Waals surface area contributed by atoms with Crippen LogP contribution in [-0.2, 0) is 9.71 Å². The second kappa shape index (κ2) is 9.47. The maximum atomic E-state index is 13.7. The molecule has 1 heterocycles. The molecule has 0 spiro atoms. The molecule has 1 atom stereocenters. The van der Waals surface area contributed by atoms with Crippen LogP contribution in [0.5, 0.6) is 5.75 Å². The summed E-state index contributed by atoms with van der Waals surface area (Å²) < 4.78 is 31.1. The second-order valence-electron chi connectivity index (χ2n) is 6.49. The first-order valence-electron chi connectivity index (χ1n) is 9.06. The minimum atomic E-state index is -2.52. The van der Waals surface area contributed by atoms with Crippen molar-refractivity contribution >= 4 is 26.7 Å². The van der Waals surface area contributed by atoms with Crippen LogP contribution < -0.4 is 15.2 Å². The van der Waals surface area contributed by atoms with Crippen molar-refractivity contribution < 1.29 is 13.3 Å². The number of rotatable bonds is 7. The van der Waals surface area contributed by atoms with Crippen molar-refractivity contribution in [2.24, 2.45) is 5.14 Å². The Kier molecular flexibility index (Phi) is 6.76. The van der Waals surface area contributed by atoms with Gasteiger partial charge in [0.2, 0.25) is 5.95 Å². The van der Waals surface area contributed by atoms with Gasteiger partial charge in [-0.05, 0) is 36.8 Å². The highest BCUT2D eigenvalue weighted by Crippen LogP contribution is 2.29. The Morgan fingerprint density at radius 3 is 2.83 bits per heavy atom. The molecular weight excluding hydrogens is 405 g/mol. The summed E-state index contributed by atoms with van der Waals surface area (Å²) >= 11 is 0. The number of ether oxygens (including phenoxy) is 1. The minimum Gasteiger partial charge on any atom is -0.489 e. The quantitative estimate of drug-likeness (QED) is 0.443. The Labute approximate surface area is 175 Å². The van der Waals surface area contributed by atoms with Crippen molar-refractivity contribution in [1.82, 2.24) is 15.0 Å². The number of nitrogens with two attached hydrogens (primary N) is 1. The van der Waals surface area contributed by atoms with E-state index in [9.17, 15) is 8.60 Å². The molecule has 0 bridgehead atoms. The molecule has 3 aromatic rings. The van der Waals surface area contributed by atoms with Gasteiger partial charge in [-0.2, -0.15) is 4.98 Å². The van der Waals surface area contributed by atoms with E-state index in [-0.39, 0.29) is 0 Å². The highest BCUT2D eigenvalue weighted by atomic mass is 32.2. The number of benzene rings is 2. The highest BCUT2D eigenvalue weighted by Gasteiger charge is 2.12. The van der Waals surface area contributed by atoms with Crippen molar-refractivity contribution in [3.05, 3.63) is 72.3 Å². The third-order valence-corrected chi connectivity index (χ3v) is 4.58. The largest absolute Gasteiger partial charge is 0.489 e. The Morgan fingerprint density at radius 1 is 1.23 bits per heavy atom. The third-order valence-electron chi connectivity index (χ3n) is 3.84. The van der Waals surface area contributed by atoms with Gasteiger partial charge in [0.25, 0.3) is 0 Å². The van der Waals surface area contributed by atoms with E-state index in [1.165, 1.54) is 30.1 Å². The van der Waals surface area contributed by atoms with Gasteiger partial charge in [-0.25, -0.2) is 14.4 Å². The molecule has 30 heavy (non-hydrogen) atoms. The van der Waals surface area contributed by atoms with Crippen molar-refractivity contribution in [2.75, 3.05) is 18.2 Å². The molecule has 0 aliphatic carbocycles. The molecule has 3 N–H and O–H groups in total. The highest BCUT2D eigenvalue weighted by molar-refractivity contribution is 7.98. The first kappa shape index (κ1) is 21.4. The van der Waals surface area contributed by atoms with Crippen LogP contribution in [0.1, 0.15) is 12.5 Å². The fourth-order valence-corrected chi connectivity index (χ4v) is 3.30. The van der Waals surface area contributed by atoms with Crippen LogP contribution >= 0.6 is 0 Å². The van der Waals surface area contributed by atoms with Gasteiger partial charge in [0.15, 0.2) is 5.82 Å². The second-order valence-corrected chi connectivity index (χ2v) is 8.66. The molecule has 3 rings (SSSR count). The van der Waals surface area contributed by atoms with Gasteiger partial charge in [0.05, 0.1) is 5.56 Å². The summed E-state index contributed by atoms with van der Waals surface area (Å²) in [5.74, 6) is 0.555. The van der Waals surface area contributed by atoms with Crippen LogP contribution in [0.4, 0.5) is 16.0 Å². The number of nitrogens with zero attached hydrogens (tertiary/aromatic N) is 3. The molecule has 0 aliphatic rings. The monoisotopic (exact) mass is 427 g/mol. The van der Waals surface area contributed by atoms with E-state index in [1.54, 1.807) is 24.3 Å². The molecular formula is C21H22FN5O2S. The normalized spacial score (nSPS) is 13.1. The lowest BCUT2D eigenvalue weighted by atomic mass is 10.2. The summed E-state index contributed by atoms with van der Waals surface area (Å²) in [6, 6.07) is 11.4. The molecule has 1 aromatic heterocycles. The van der Waals surface area contributed by atoms with Gasteiger partial charge in [-0.3, -0.25) is 9.35 Å². The molecule has 156 valence electrons. The van der Waals surface area contributed by atoms with Crippen molar-refractivity contribution in [1.29, 1.82) is 0 Å². The Balaban J connectivity index is 1.89. The van der Waals surface area contributed by atoms with Crippen molar-refractivity contribution in [3.8, 4) is 17.1 Å². The predicted octanol–water partition coefficient (Wildman–Crippen LogP) is 3.31.